The van der Waals surface area contributed by atoms with Gasteiger partial charge in [-0.3, -0.25) is 15.0 Å². The van der Waals surface area contributed by atoms with E-state index in [1.807, 2.05) is 19.9 Å². The van der Waals surface area contributed by atoms with E-state index in [2.05, 4.69) is 15.3 Å². The molecule has 4 rings (SSSR count). The molecule has 0 bridgehead atoms. The topological polar surface area (TPSA) is 142 Å². The molecule has 0 fully saturated rings. The van der Waals surface area contributed by atoms with Gasteiger partial charge in [0, 0.05) is 17.0 Å². The molecule has 38 heavy (non-hydrogen) atoms. The van der Waals surface area contributed by atoms with Crippen LogP contribution in [-0.2, 0) is 32.8 Å². The maximum absolute atomic E-state index is 13.3. The number of aliphatic carboxylic acids is 2. The standard InChI is InChI=1S/C28H30N4O6/c1-4-19-15-20(5-2)31-27(30-19)38-24(26(36)37)28(18-11-7-6-8-12-18)21-13-9-10-14-22(21)32(17(3)25(34)35)23(33)16-29-28/h6-15,17,24,29H,4-5,16H2,1-3H3,(H,34,35)(H,36,37)/t17?,24-,28+/m1/s1. The first-order valence-corrected chi connectivity index (χ1v) is 12.4. The van der Waals surface area contributed by atoms with E-state index in [9.17, 15) is 24.6 Å². The van der Waals surface area contributed by atoms with Crippen molar-refractivity contribution in [3.63, 3.8) is 0 Å². The Balaban J connectivity index is 2.00. The highest BCUT2D eigenvalue weighted by molar-refractivity contribution is 6.02. The Bertz CT molecular complexity index is 1330. The monoisotopic (exact) mass is 518 g/mol. The lowest BCUT2D eigenvalue weighted by Gasteiger charge is -2.39. The van der Waals surface area contributed by atoms with Gasteiger partial charge in [-0.2, -0.15) is 0 Å². The lowest BCUT2D eigenvalue weighted by molar-refractivity contribution is -0.149. The molecular formula is C28H30N4O6. The summed E-state index contributed by atoms with van der Waals surface area (Å²) >= 11 is 0. The highest BCUT2D eigenvalue weighted by Crippen LogP contribution is 2.42. The fourth-order valence-corrected chi connectivity index (χ4v) is 4.80. The number of carbonyl (C=O) groups excluding carboxylic acids is 1. The second kappa shape index (κ2) is 11.0. The summed E-state index contributed by atoms with van der Waals surface area (Å²) in [4.78, 5) is 48.3. The van der Waals surface area contributed by atoms with Crippen molar-refractivity contribution in [3.8, 4) is 6.01 Å². The molecule has 0 saturated carbocycles. The molecule has 1 aliphatic heterocycles. The first kappa shape index (κ1) is 26.7. The molecule has 0 saturated heterocycles. The number of nitrogens with one attached hydrogen (secondary N) is 1. The highest BCUT2D eigenvalue weighted by Gasteiger charge is 2.52. The van der Waals surface area contributed by atoms with Gasteiger partial charge in [0.25, 0.3) is 0 Å². The molecule has 3 N–H and O–H groups in total. The number of carboxylic acid groups (broad SMARTS) is 2. The smallest absolute Gasteiger partial charge is 0.347 e. The number of carboxylic acids is 2. The van der Waals surface area contributed by atoms with E-state index in [0.717, 1.165) is 0 Å². The predicted octanol–water partition coefficient (Wildman–Crippen LogP) is 2.79. The Morgan fingerprint density at radius 2 is 1.61 bits per heavy atom. The molecule has 2 heterocycles. The number of nitrogens with zero attached hydrogens (tertiary/aromatic N) is 3. The zero-order chi connectivity index (χ0) is 27.4. The lowest BCUT2D eigenvalue weighted by Crippen LogP contribution is -2.58. The van der Waals surface area contributed by atoms with Crippen LogP contribution in [0.1, 0.15) is 43.3 Å². The lowest BCUT2D eigenvalue weighted by atomic mass is 9.77. The van der Waals surface area contributed by atoms with Crippen molar-refractivity contribution in [2.75, 3.05) is 11.4 Å². The van der Waals surface area contributed by atoms with Gasteiger partial charge in [0.1, 0.15) is 11.6 Å². The van der Waals surface area contributed by atoms with Crippen molar-refractivity contribution in [2.45, 2.75) is 51.3 Å². The fraction of sp³-hybridized carbons (Fsp3) is 0.321. The molecule has 1 aromatic heterocycles. The molecule has 198 valence electrons. The minimum Gasteiger partial charge on any atom is -0.480 e. The van der Waals surface area contributed by atoms with E-state index in [-0.39, 0.29) is 18.2 Å². The van der Waals surface area contributed by atoms with Crippen LogP contribution in [0, 0.1) is 0 Å². The Labute approximate surface area is 220 Å². The van der Waals surface area contributed by atoms with Crippen molar-refractivity contribution in [1.29, 1.82) is 0 Å². The van der Waals surface area contributed by atoms with Crippen molar-refractivity contribution in [2.24, 2.45) is 0 Å². The number of fused-ring (bicyclic) bond motifs is 1. The predicted molar refractivity (Wildman–Crippen MR) is 139 cm³/mol. The third-order valence-electron chi connectivity index (χ3n) is 6.73. The summed E-state index contributed by atoms with van der Waals surface area (Å²) in [6.07, 6.45) is -0.424. The number of hydrogen-bond acceptors (Lipinski definition) is 7. The summed E-state index contributed by atoms with van der Waals surface area (Å²) in [6.45, 7) is 4.93. The maximum atomic E-state index is 13.3. The molecule has 3 aromatic rings. The van der Waals surface area contributed by atoms with E-state index in [1.54, 1.807) is 54.6 Å². The van der Waals surface area contributed by atoms with Gasteiger partial charge in [-0.15, -0.1) is 0 Å². The normalized spacial score (nSPS) is 18.7. The number of rotatable bonds is 9. The van der Waals surface area contributed by atoms with Crippen LogP contribution < -0.4 is 15.0 Å². The average Bonchev–Trinajstić information content (AvgIpc) is 3.05. The highest BCUT2D eigenvalue weighted by atomic mass is 16.5. The first-order chi connectivity index (χ1) is 18.2. The number of carbonyl (C=O) groups is 3. The summed E-state index contributed by atoms with van der Waals surface area (Å²) in [7, 11) is 0. The summed E-state index contributed by atoms with van der Waals surface area (Å²) in [5.74, 6) is -3.03. The second-order valence-corrected chi connectivity index (χ2v) is 9.00. The van der Waals surface area contributed by atoms with Gasteiger partial charge in [0.05, 0.1) is 12.2 Å². The van der Waals surface area contributed by atoms with Crippen LogP contribution in [0.25, 0.3) is 0 Å². The fourth-order valence-electron chi connectivity index (χ4n) is 4.80. The van der Waals surface area contributed by atoms with Crippen LogP contribution in [0.5, 0.6) is 6.01 Å². The van der Waals surface area contributed by atoms with Crippen molar-refractivity contribution < 1.29 is 29.3 Å². The molecular weight excluding hydrogens is 488 g/mol. The van der Waals surface area contributed by atoms with E-state index in [4.69, 9.17) is 4.74 Å². The van der Waals surface area contributed by atoms with Gasteiger partial charge in [0.15, 0.2) is 0 Å². The number of hydrogen-bond donors (Lipinski definition) is 3. The molecule has 1 aliphatic rings. The van der Waals surface area contributed by atoms with Crippen molar-refractivity contribution in [3.05, 3.63) is 83.2 Å². The third kappa shape index (κ3) is 4.82. The molecule has 2 aromatic carbocycles. The molecule has 1 amide bonds. The molecule has 1 unspecified atom stereocenters. The molecule has 10 heteroatoms. The van der Waals surface area contributed by atoms with E-state index < -0.39 is 35.5 Å². The van der Waals surface area contributed by atoms with Gasteiger partial charge in [0.2, 0.25) is 12.0 Å². The zero-order valence-electron chi connectivity index (χ0n) is 21.4. The summed E-state index contributed by atoms with van der Waals surface area (Å²) < 4.78 is 6.12. The van der Waals surface area contributed by atoms with Crippen LogP contribution in [0.2, 0.25) is 0 Å². The molecule has 3 atom stereocenters. The van der Waals surface area contributed by atoms with Gasteiger partial charge in [-0.1, -0.05) is 62.4 Å². The van der Waals surface area contributed by atoms with Crippen LogP contribution in [0.15, 0.2) is 60.7 Å². The number of aromatic nitrogens is 2. The van der Waals surface area contributed by atoms with E-state index in [0.29, 0.717) is 35.4 Å². The Morgan fingerprint density at radius 3 is 2.18 bits per heavy atom. The molecule has 10 nitrogen and oxygen atoms in total. The minimum absolute atomic E-state index is 0.0884. The Morgan fingerprint density at radius 1 is 1.00 bits per heavy atom. The van der Waals surface area contributed by atoms with E-state index in [1.165, 1.54) is 11.8 Å². The molecule has 0 spiro atoms. The summed E-state index contributed by atoms with van der Waals surface area (Å²) in [5, 5.41) is 23.5. The second-order valence-electron chi connectivity index (χ2n) is 9.00. The molecule has 0 aliphatic carbocycles. The summed E-state index contributed by atoms with van der Waals surface area (Å²) in [5.41, 5.74) is 0.962. The van der Waals surface area contributed by atoms with Gasteiger partial charge < -0.3 is 14.9 Å². The zero-order valence-corrected chi connectivity index (χ0v) is 21.4. The Kier molecular flexibility index (Phi) is 7.72. The largest absolute Gasteiger partial charge is 0.480 e. The average molecular weight is 519 g/mol. The van der Waals surface area contributed by atoms with Crippen LogP contribution in [0.4, 0.5) is 5.69 Å². The van der Waals surface area contributed by atoms with Gasteiger partial charge in [-0.25, -0.2) is 19.6 Å². The maximum Gasteiger partial charge on any atom is 0.347 e. The number of para-hydroxylation sites is 1. The van der Waals surface area contributed by atoms with Gasteiger partial charge in [-0.05, 0) is 37.5 Å². The van der Waals surface area contributed by atoms with E-state index >= 15 is 0 Å². The number of amides is 1. The number of anilines is 1. The minimum atomic E-state index is -1.63. The SMILES string of the molecule is CCc1cc(CC)nc(O[C@H](C(=O)O)[C@@]2(c3ccccc3)NCC(=O)N(C(C)C(=O)O)c3ccccc32)n1. The third-order valence-corrected chi connectivity index (χ3v) is 6.73. The quantitative estimate of drug-likeness (QED) is 0.390. The van der Waals surface area contributed by atoms with Crippen LogP contribution in [0.3, 0.4) is 0 Å². The number of benzene rings is 2. The van der Waals surface area contributed by atoms with Crippen molar-refractivity contribution >= 4 is 23.5 Å². The van der Waals surface area contributed by atoms with Crippen molar-refractivity contribution in [1.82, 2.24) is 15.3 Å². The van der Waals surface area contributed by atoms with Crippen LogP contribution >= 0.6 is 0 Å². The number of ether oxygens (including phenoxy) is 1. The first-order valence-electron chi connectivity index (χ1n) is 12.4. The molecule has 0 radical (unpaired) electrons. The van der Waals surface area contributed by atoms with Gasteiger partial charge >= 0.3 is 17.9 Å². The summed E-state index contributed by atoms with van der Waals surface area (Å²) in [6, 6.07) is 16.0. The van der Waals surface area contributed by atoms with Crippen LogP contribution in [-0.4, -0.2) is 56.7 Å². The number of aryl methyl sites for hydroxylation is 2. The Hall–Kier alpha value is -4.31.